The number of aromatic amines is 1. The van der Waals surface area contributed by atoms with E-state index in [0.29, 0.717) is 28.0 Å². The molecule has 1 aromatic heterocycles. The third-order valence-corrected chi connectivity index (χ3v) is 5.06. The van der Waals surface area contributed by atoms with E-state index in [4.69, 9.17) is 16.3 Å². The van der Waals surface area contributed by atoms with Crippen molar-refractivity contribution in [3.63, 3.8) is 0 Å². The summed E-state index contributed by atoms with van der Waals surface area (Å²) in [5, 5.41) is 1.35. The first-order valence-electron chi connectivity index (χ1n) is 8.09. The minimum absolute atomic E-state index is 0.0452. The van der Waals surface area contributed by atoms with E-state index in [0.717, 1.165) is 23.2 Å². The zero-order valence-electron chi connectivity index (χ0n) is 13.6. The van der Waals surface area contributed by atoms with Crippen molar-refractivity contribution < 1.29 is 14.3 Å². The van der Waals surface area contributed by atoms with Crippen molar-refractivity contribution >= 4 is 34.3 Å². The minimum atomic E-state index is -0.431. The normalized spacial score (nSPS) is 16.7. The first-order valence-corrected chi connectivity index (χ1v) is 8.47. The molecule has 0 saturated carbocycles. The van der Waals surface area contributed by atoms with Gasteiger partial charge in [-0.2, -0.15) is 0 Å². The van der Waals surface area contributed by atoms with E-state index in [-0.39, 0.29) is 11.7 Å². The molecule has 1 atom stereocenters. The molecular weight excluding hydrogens is 338 g/mol. The smallest absolute Gasteiger partial charge is 0.338 e. The summed E-state index contributed by atoms with van der Waals surface area (Å²) >= 11 is 5.96. The highest BCUT2D eigenvalue weighted by molar-refractivity contribution is 6.30. The van der Waals surface area contributed by atoms with Gasteiger partial charge in [0.2, 0.25) is 0 Å². The van der Waals surface area contributed by atoms with Crippen molar-refractivity contribution in [2.24, 2.45) is 0 Å². The first kappa shape index (κ1) is 15.9. The number of hydrogen-bond acceptors (Lipinski definition) is 3. The van der Waals surface area contributed by atoms with Crippen molar-refractivity contribution in [2.45, 2.75) is 18.8 Å². The van der Waals surface area contributed by atoms with Crippen LogP contribution in [0.1, 0.15) is 44.3 Å². The second-order valence-corrected chi connectivity index (χ2v) is 6.71. The zero-order chi connectivity index (χ0) is 17.6. The van der Waals surface area contributed by atoms with Gasteiger partial charge in [0, 0.05) is 33.6 Å². The number of halogens is 1. The number of H-pyrrole nitrogens is 1. The van der Waals surface area contributed by atoms with Gasteiger partial charge in [0.25, 0.3) is 0 Å². The molecule has 2 aromatic carbocycles. The molecule has 126 valence electrons. The molecule has 0 aliphatic heterocycles. The summed E-state index contributed by atoms with van der Waals surface area (Å²) in [5.74, 6) is -0.282. The van der Waals surface area contributed by atoms with E-state index in [9.17, 15) is 9.59 Å². The number of hydrogen-bond donors (Lipinski definition) is 1. The van der Waals surface area contributed by atoms with Gasteiger partial charge in [0.1, 0.15) is 0 Å². The Morgan fingerprint density at radius 2 is 1.92 bits per heavy atom. The molecule has 3 aromatic rings. The lowest BCUT2D eigenvalue weighted by Gasteiger charge is -2.22. The minimum Gasteiger partial charge on any atom is -0.465 e. The molecule has 0 amide bonds. The van der Waals surface area contributed by atoms with Gasteiger partial charge >= 0.3 is 5.97 Å². The Hall–Kier alpha value is -2.59. The van der Waals surface area contributed by atoms with Crippen LogP contribution in [-0.2, 0) is 11.2 Å². The standard InChI is InChI=1S/C20H16ClNO3/c1-25-20(24)14-3-2-4-15-18(14)19-16(22-15)9-12(10-17(19)23)11-5-7-13(21)8-6-11/h2-8,12,22H,9-10H2,1H3. The van der Waals surface area contributed by atoms with Crippen LogP contribution >= 0.6 is 11.6 Å². The summed E-state index contributed by atoms with van der Waals surface area (Å²) < 4.78 is 4.87. The summed E-state index contributed by atoms with van der Waals surface area (Å²) in [6, 6.07) is 13.0. The quantitative estimate of drug-likeness (QED) is 0.689. The predicted molar refractivity (Wildman–Crippen MR) is 96.5 cm³/mol. The number of ketones is 1. The van der Waals surface area contributed by atoms with E-state index in [1.54, 1.807) is 12.1 Å². The maximum Gasteiger partial charge on any atom is 0.338 e. The summed E-state index contributed by atoms with van der Waals surface area (Å²) in [6.45, 7) is 0. The van der Waals surface area contributed by atoms with Crippen LogP contribution in [0.5, 0.6) is 0 Å². The fourth-order valence-corrected chi connectivity index (χ4v) is 3.78. The van der Waals surface area contributed by atoms with Gasteiger partial charge in [0.05, 0.1) is 12.7 Å². The van der Waals surface area contributed by atoms with E-state index in [1.165, 1.54) is 7.11 Å². The van der Waals surface area contributed by atoms with Crippen molar-refractivity contribution in [1.82, 2.24) is 4.98 Å². The molecule has 1 unspecified atom stereocenters. The lowest BCUT2D eigenvalue weighted by molar-refractivity contribution is 0.0603. The van der Waals surface area contributed by atoms with Crippen LogP contribution in [0.4, 0.5) is 0 Å². The highest BCUT2D eigenvalue weighted by Gasteiger charge is 2.31. The Labute approximate surface area is 149 Å². The van der Waals surface area contributed by atoms with Crippen LogP contribution in [-0.4, -0.2) is 23.8 Å². The number of nitrogens with one attached hydrogen (secondary N) is 1. The number of carbonyl (C=O) groups excluding carboxylic acids is 2. The fraction of sp³-hybridized carbons (Fsp3) is 0.200. The molecular formula is C20H16ClNO3. The molecule has 1 aliphatic carbocycles. The molecule has 25 heavy (non-hydrogen) atoms. The predicted octanol–water partition coefficient (Wildman–Crippen LogP) is 4.52. The second-order valence-electron chi connectivity index (χ2n) is 6.28. The van der Waals surface area contributed by atoms with Gasteiger partial charge < -0.3 is 9.72 Å². The van der Waals surface area contributed by atoms with Gasteiger partial charge in [-0.05, 0) is 42.2 Å². The third-order valence-electron chi connectivity index (χ3n) is 4.81. The summed E-state index contributed by atoms with van der Waals surface area (Å²) in [7, 11) is 1.35. The topological polar surface area (TPSA) is 59.2 Å². The lowest BCUT2D eigenvalue weighted by atomic mass is 9.81. The number of Topliss-reactive ketones (excluding diaryl/α,β-unsaturated/α-hetero) is 1. The number of rotatable bonds is 2. The van der Waals surface area contributed by atoms with Crippen molar-refractivity contribution in [3.05, 3.63) is 69.9 Å². The Kier molecular flexibility index (Phi) is 3.85. The SMILES string of the molecule is COC(=O)c1cccc2[nH]c3c(c12)C(=O)CC(c1ccc(Cl)cc1)C3. The maximum absolute atomic E-state index is 12.9. The zero-order valence-corrected chi connectivity index (χ0v) is 14.4. The largest absolute Gasteiger partial charge is 0.465 e. The average Bonchev–Trinajstić information content (AvgIpc) is 3.00. The summed E-state index contributed by atoms with van der Waals surface area (Å²) in [4.78, 5) is 28.3. The monoisotopic (exact) mass is 353 g/mol. The fourth-order valence-electron chi connectivity index (χ4n) is 3.66. The molecule has 0 spiro atoms. The Balaban J connectivity index is 1.82. The van der Waals surface area contributed by atoms with Gasteiger partial charge in [0.15, 0.2) is 5.78 Å². The number of fused-ring (bicyclic) bond motifs is 3. The van der Waals surface area contributed by atoms with Crippen LogP contribution in [0.3, 0.4) is 0 Å². The van der Waals surface area contributed by atoms with Crippen LogP contribution in [0.15, 0.2) is 42.5 Å². The molecule has 5 heteroatoms. The Morgan fingerprint density at radius 1 is 1.16 bits per heavy atom. The van der Waals surface area contributed by atoms with Gasteiger partial charge in [-0.1, -0.05) is 29.8 Å². The van der Waals surface area contributed by atoms with E-state index in [1.807, 2.05) is 30.3 Å². The van der Waals surface area contributed by atoms with Crippen LogP contribution in [0.25, 0.3) is 10.9 Å². The number of esters is 1. The molecule has 4 nitrogen and oxygen atoms in total. The third kappa shape index (κ3) is 2.63. The van der Waals surface area contributed by atoms with Gasteiger partial charge in [-0.3, -0.25) is 4.79 Å². The number of methoxy groups -OCH3 is 1. The van der Waals surface area contributed by atoms with Gasteiger partial charge in [-0.25, -0.2) is 4.79 Å². The van der Waals surface area contributed by atoms with Crippen molar-refractivity contribution in [3.8, 4) is 0 Å². The highest BCUT2D eigenvalue weighted by Crippen LogP contribution is 2.37. The lowest BCUT2D eigenvalue weighted by Crippen LogP contribution is -2.18. The molecule has 0 fully saturated rings. The average molecular weight is 354 g/mol. The van der Waals surface area contributed by atoms with Crippen molar-refractivity contribution in [2.75, 3.05) is 7.11 Å². The van der Waals surface area contributed by atoms with E-state index in [2.05, 4.69) is 4.98 Å². The number of ether oxygens (including phenoxy) is 1. The highest BCUT2D eigenvalue weighted by atomic mass is 35.5. The number of aromatic nitrogens is 1. The first-order chi connectivity index (χ1) is 12.1. The van der Waals surface area contributed by atoms with E-state index < -0.39 is 5.97 Å². The molecule has 1 N–H and O–H groups in total. The molecule has 1 aliphatic rings. The molecule has 0 saturated heterocycles. The van der Waals surface area contributed by atoms with Gasteiger partial charge in [-0.15, -0.1) is 0 Å². The second kappa shape index (κ2) is 6.05. The molecule has 1 heterocycles. The Bertz CT molecular complexity index is 988. The van der Waals surface area contributed by atoms with Crippen molar-refractivity contribution in [1.29, 1.82) is 0 Å². The molecule has 0 bridgehead atoms. The number of carbonyl (C=O) groups is 2. The molecule has 0 radical (unpaired) electrons. The van der Waals surface area contributed by atoms with Crippen LogP contribution in [0.2, 0.25) is 5.02 Å². The number of benzene rings is 2. The maximum atomic E-state index is 12.9. The van der Waals surface area contributed by atoms with E-state index >= 15 is 0 Å². The summed E-state index contributed by atoms with van der Waals surface area (Å²) in [5.41, 5.74) is 3.81. The molecule has 4 rings (SSSR count). The van der Waals surface area contributed by atoms with Crippen LogP contribution < -0.4 is 0 Å². The van der Waals surface area contributed by atoms with Crippen LogP contribution in [0, 0.1) is 0 Å². The Morgan fingerprint density at radius 3 is 2.64 bits per heavy atom. The summed E-state index contributed by atoms with van der Waals surface area (Å²) in [6.07, 6.45) is 1.13.